The Morgan fingerprint density at radius 1 is 1.27 bits per heavy atom. The van der Waals surface area contributed by atoms with E-state index in [1.54, 1.807) is 37.3 Å². The highest BCUT2D eigenvalue weighted by Crippen LogP contribution is 2.30. The highest BCUT2D eigenvalue weighted by molar-refractivity contribution is 7.90. The van der Waals surface area contributed by atoms with Gasteiger partial charge in [-0.3, -0.25) is 14.3 Å². The third kappa shape index (κ3) is 5.43. The summed E-state index contributed by atoms with van der Waals surface area (Å²) >= 11 is 0. The van der Waals surface area contributed by atoms with Crippen molar-refractivity contribution < 1.29 is 27.4 Å². The van der Waals surface area contributed by atoms with E-state index in [1.165, 1.54) is 10.8 Å². The molecule has 1 aromatic heterocycles. The molecule has 3 unspecified atom stereocenters. The molecule has 10 nitrogen and oxygen atoms in total. The normalized spacial score (nSPS) is 21.5. The molecule has 1 saturated heterocycles. The number of carbonyl (C=O) groups excluding carboxylic acids is 1. The van der Waals surface area contributed by atoms with Crippen molar-refractivity contribution >= 4 is 15.8 Å². The average molecular weight is 438 g/mol. The highest BCUT2D eigenvalue weighted by Gasteiger charge is 2.39. The second kappa shape index (κ2) is 8.94. The molecule has 0 saturated carbocycles. The Bertz CT molecular complexity index is 1120. The SMILES string of the molecule is Cc1cn(C2CC(OCS(C)(=O)=O)C(COC(=O)c3ccccc3)O2)c(=O)[nH]c1=O. The largest absolute Gasteiger partial charge is 0.459 e. The molecule has 0 radical (unpaired) electrons. The van der Waals surface area contributed by atoms with Crippen LogP contribution < -0.4 is 11.2 Å². The topological polar surface area (TPSA) is 134 Å². The Morgan fingerprint density at radius 2 is 1.97 bits per heavy atom. The van der Waals surface area contributed by atoms with Crippen molar-refractivity contribution in [3.8, 4) is 0 Å². The van der Waals surface area contributed by atoms with Crippen LogP contribution in [0.4, 0.5) is 0 Å². The maximum Gasteiger partial charge on any atom is 0.338 e. The fourth-order valence-corrected chi connectivity index (χ4v) is 3.44. The minimum absolute atomic E-state index is 0.133. The van der Waals surface area contributed by atoms with Gasteiger partial charge >= 0.3 is 11.7 Å². The van der Waals surface area contributed by atoms with Crippen molar-refractivity contribution in [2.75, 3.05) is 18.8 Å². The molecule has 2 aromatic rings. The van der Waals surface area contributed by atoms with Crippen LogP contribution >= 0.6 is 0 Å². The number of benzene rings is 1. The molecule has 30 heavy (non-hydrogen) atoms. The predicted octanol–water partition coefficient (Wildman–Crippen LogP) is 0.377. The molecular weight excluding hydrogens is 416 g/mol. The second-order valence-electron chi connectivity index (χ2n) is 7.06. The molecule has 1 fully saturated rings. The molecule has 1 aromatic carbocycles. The highest BCUT2D eigenvalue weighted by atomic mass is 32.2. The van der Waals surface area contributed by atoms with E-state index >= 15 is 0 Å². The van der Waals surface area contributed by atoms with Crippen LogP contribution in [-0.4, -0.2) is 54.9 Å². The third-order valence-corrected chi connectivity index (χ3v) is 5.09. The zero-order valence-corrected chi connectivity index (χ0v) is 17.3. The average Bonchev–Trinajstić information content (AvgIpc) is 3.10. The molecule has 1 aliphatic rings. The number of hydrogen-bond donors (Lipinski definition) is 1. The first-order valence-electron chi connectivity index (χ1n) is 9.13. The van der Waals surface area contributed by atoms with Crippen molar-refractivity contribution in [3.05, 3.63) is 68.5 Å². The number of rotatable bonds is 7. The van der Waals surface area contributed by atoms with Crippen LogP contribution in [-0.2, 0) is 24.0 Å². The summed E-state index contributed by atoms with van der Waals surface area (Å²) in [5.41, 5.74) is -0.509. The smallest absolute Gasteiger partial charge is 0.338 e. The Kier molecular flexibility index (Phi) is 6.54. The predicted molar refractivity (Wildman–Crippen MR) is 106 cm³/mol. The van der Waals surface area contributed by atoms with Crippen molar-refractivity contribution in [2.24, 2.45) is 0 Å². The molecular formula is C19H22N2O8S. The fourth-order valence-electron chi connectivity index (χ4n) is 3.02. The zero-order chi connectivity index (χ0) is 21.9. The molecule has 0 spiro atoms. The standard InChI is InChI=1S/C19H22N2O8S/c1-12-9-21(19(24)20-17(12)22)16-8-14(28-11-30(2,25)26)15(29-16)10-27-18(23)13-6-4-3-5-7-13/h3-7,9,14-16H,8,10-11H2,1-2H3,(H,20,22,24). The van der Waals surface area contributed by atoms with Gasteiger partial charge in [0.15, 0.2) is 9.84 Å². The molecule has 162 valence electrons. The molecule has 0 aliphatic carbocycles. The van der Waals surface area contributed by atoms with Crippen LogP contribution in [0.15, 0.2) is 46.1 Å². The van der Waals surface area contributed by atoms with Crippen LogP contribution in [0.5, 0.6) is 0 Å². The van der Waals surface area contributed by atoms with Gasteiger partial charge in [-0.1, -0.05) is 18.2 Å². The summed E-state index contributed by atoms with van der Waals surface area (Å²) < 4.78 is 40.8. The maximum atomic E-state index is 12.2. The molecule has 2 heterocycles. The Labute approximate surface area is 172 Å². The first-order chi connectivity index (χ1) is 14.1. The lowest BCUT2D eigenvalue weighted by molar-refractivity contribution is -0.0621. The summed E-state index contributed by atoms with van der Waals surface area (Å²) in [5, 5.41) is 0. The number of hydrogen-bond acceptors (Lipinski definition) is 8. The number of carbonyl (C=O) groups is 1. The van der Waals surface area contributed by atoms with Gasteiger partial charge in [-0.15, -0.1) is 0 Å². The first kappa shape index (κ1) is 21.9. The Balaban J connectivity index is 1.76. The minimum Gasteiger partial charge on any atom is -0.459 e. The fraction of sp³-hybridized carbons (Fsp3) is 0.421. The van der Waals surface area contributed by atoms with Crippen molar-refractivity contribution in [2.45, 2.75) is 31.8 Å². The summed E-state index contributed by atoms with van der Waals surface area (Å²) in [6.45, 7) is 1.34. The van der Waals surface area contributed by atoms with Gasteiger partial charge in [0.05, 0.1) is 11.7 Å². The van der Waals surface area contributed by atoms with E-state index in [-0.39, 0.29) is 13.0 Å². The van der Waals surface area contributed by atoms with E-state index in [0.29, 0.717) is 11.1 Å². The van der Waals surface area contributed by atoms with Crippen molar-refractivity contribution in [1.82, 2.24) is 9.55 Å². The lowest BCUT2D eigenvalue weighted by atomic mass is 10.2. The molecule has 3 atom stereocenters. The van der Waals surface area contributed by atoms with Crippen LogP contribution in [0.2, 0.25) is 0 Å². The van der Waals surface area contributed by atoms with E-state index in [1.807, 2.05) is 0 Å². The number of nitrogens with one attached hydrogen (secondary N) is 1. The van der Waals surface area contributed by atoms with E-state index in [4.69, 9.17) is 14.2 Å². The number of sulfone groups is 1. The molecule has 3 rings (SSSR count). The Morgan fingerprint density at radius 3 is 2.63 bits per heavy atom. The number of esters is 1. The quantitative estimate of drug-likeness (QED) is 0.613. The van der Waals surface area contributed by atoms with Gasteiger partial charge in [-0.25, -0.2) is 18.0 Å². The van der Waals surface area contributed by atoms with Crippen LogP contribution in [0.25, 0.3) is 0 Å². The van der Waals surface area contributed by atoms with Crippen LogP contribution in [0, 0.1) is 6.92 Å². The summed E-state index contributed by atoms with van der Waals surface area (Å²) in [5.74, 6) is -1.11. The molecule has 0 bridgehead atoms. The molecule has 11 heteroatoms. The van der Waals surface area contributed by atoms with Gasteiger partial charge < -0.3 is 14.2 Å². The van der Waals surface area contributed by atoms with Gasteiger partial charge in [-0.05, 0) is 19.1 Å². The van der Waals surface area contributed by atoms with Crippen molar-refractivity contribution in [1.29, 1.82) is 0 Å². The van der Waals surface area contributed by atoms with Crippen LogP contribution in [0.3, 0.4) is 0 Å². The number of aromatic nitrogens is 2. The molecule has 1 N–H and O–H groups in total. The summed E-state index contributed by atoms with van der Waals surface area (Å²) in [4.78, 5) is 38.2. The molecule has 1 aliphatic heterocycles. The van der Waals surface area contributed by atoms with Gasteiger partial charge in [0.2, 0.25) is 0 Å². The maximum absolute atomic E-state index is 12.2. The Hall–Kier alpha value is -2.76. The first-order valence-corrected chi connectivity index (χ1v) is 11.2. The number of aromatic amines is 1. The summed E-state index contributed by atoms with van der Waals surface area (Å²) in [6, 6.07) is 8.35. The van der Waals surface area contributed by atoms with E-state index in [2.05, 4.69) is 4.98 Å². The number of aryl methyl sites for hydroxylation is 1. The van der Waals surface area contributed by atoms with E-state index in [0.717, 1.165) is 6.26 Å². The lowest BCUT2D eigenvalue weighted by Crippen LogP contribution is -2.33. The van der Waals surface area contributed by atoms with E-state index in [9.17, 15) is 22.8 Å². The molecule has 0 amide bonds. The minimum atomic E-state index is -3.41. The number of ether oxygens (including phenoxy) is 3. The second-order valence-corrected chi connectivity index (χ2v) is 9.14. The third-order valence-electron chi connectivity index (χ3n) is 4.52. The van der Waals surface area contributed by atoms with Gasteiger partial charge in [0.1, 0.15) is 24.9 Å². The monoisotopic (exact) mass is 438 g/mol. The summed E-state index contributed by atoms with van der Waals surface area (Å²) in [7, 11) is -3.41. The number of nitrogens with zero attached hydrogens (tertiary/aromatic N) is 1. The van der Waals surface area contributed by atoms with E-state index < -0.39 is 51.4 Å². The summed E-state index contributed by atoms with van der Waals surface area (Å²) in [6.07, 6.45) is 0.154. The van der Waals surface area contributed by atoms with Gasteiger partial charge in [-0.2, -0.15) is 0 Å². The zero-order valence-electron chi connectivity index (χ0n) is 16.4. The lowest BCUT2D eigenvalue weighted by Gasteiger charge is -2.18. The number of H-pyrrole nitrogens is 1. The van der Waals surface area contributed by atoms with Crippen LogP contribution in [0.1, 0.15) is 28.6 Å². The van der Waals surface area contributed by atoms with Crippen molar-refractivity contribution in [3.63, 3.8) is 0 Å². The van der Waals surface area contributed by atoms with Gasteiger partial charge in [0, 0.05) is 24.4 Å². The van der Waals surface area contributed by atoms with Gasteiger partial charge in [0.25, 0.3) is 5.56 Å².